The van der Waals surface area contributed by atoms with Gasteiger partial charge in [0.25, 0.3) is 0 Å². The van der Waals surface area contributed by atoms with Gasteiger partial charge in [-0.3, -0.25) is 9.59 Å². The highest BCUT2D eigenvalue weighted by molar-refractivity contribution is 5.80. The highest BCUT2D eigenvalue weighted by Crippen LogP contribution is 2.11. The smallest absolute Gasteiger partial charge is 0.310 e. The normalized spacial score (nSPS) is 12.2. The Bertz CT molecular complexity index is 419. The van der Waals surface area contributed by atoms with E-state index in [1.807, 2.05) is 6.08 Å². The third-order valence-corrected chi connectivity index (χ3v) is 3.89. The SMILES string of the molecule is C=CCOCCOCCOC(=O)CC(C=CCCCCCCCC)C(=O)O. The molecule has 0 heterocycles. The fraction of sp³-hybridized carbons (Fsp3) is 0.714. The summed E-state index contributed by atoms with van der Waals surface area (Å²) in [6.45, 7) is 7.42. The molecule has 0 saturated carbocycles. The average molecular weight is 385 g/mol. The van der Waals surface area contributed by atoms with Crippen molar-refractivity contribution in [2.75, 3.05) is 33.0 Å². The number of carbonyl (C=O) groups is 2. The standard InChI is InChI=1S/C21H36O6/c1-3-5-6-7-8-9-10-11-12-19(21(23)24)18-20(22)27-17-16-26-15-14-25-13-4-2/h4,11-12,19H,2-3,5-10,13-18H2,1H3,(H,23,24). The van der Waals surface area contributed by atoms with Gasteiger partial charge in [-0.15, -0.1) is 6.58 Å². The summed E-state index contributed by atoms with van der Waals surface area (Å²) in [4.78, 5) is 23.0. The van der Waals surface area contributed by atoms with Crippen molar-refractivity contribution in [2.45, 2.75) is 58.3 Å². The first-order chi connectivity index (χ1) is 13.1. The number of ether oxygens (including phenoxy) is 3. The van der Waals surface area contributed by atoms with Crippen LogP contribution in [0.25, 0.3) is 0 Å². The van der Waals surface area contributed by atoms with Gasteiger partial charge in [0.05, 0.1) is 38.8 Å². The molecule has 1 unspecified atom stereocenters. The summed E-state index contributed by atoms with van der Waals surface area (Å²) < 4.78 is 15.4. The number of esters is 1. The predicted octanol–water partition coefficient (Wildman–Crippen LogP) is 4.15. The summed E-state index contributed by atoms with van der Waals surface area (Å²) in [5.41, 5.74) is 0. The van der Waals surface area contributed by atoms with Crippen molar-refractivity contribution >= 4 is 11.9 Å². The van der Waals surface area contributed by atoms with Gasteiger partial charge in [-0.1, -0.05) is 57.3 Å². The maximum atomic E-state index is 11.8. The molecule has 156 valence electrons. The molecule has 0 rings (SSSR count). The number of unbranched alkanes of at least 4 members (excludes halogenated alkanes) is 6. The van der Waals surface area contributed by atoms with Gasteiger partial charge in [0.2, 0.25) is 0 Å². The van der Waals surface area contributed by atoms with Crippen LogP contribution in [-0.2, 0) is 23.8 Å². The summed E-state index contributed by atoms with van der Waals surface area (Å²) in [6, 6.07) is 0. The maximum absolute atomic E-state index is 11.8. The zero-order valence-corrected chi connectivity index (χ0v) is 16.7. The van der Waals surface area contributed by atoms with E-state index in [2.05, 4.69) is 13.5 Å². The fourth-order valence-electron chi connectivity index (χ4n) is 2.38. The first kappa shape index (κ1) is 25.3. The third-order valence-electron chi connectivity index (χ3n) is 3.89. The Morgan fingerprint density at radius 2 is 1.67 bits per heavy atom. The van der Waals surface area contributed by atoms with Crippen molar-refractivity contribution in [3.8, 4) is 0 Å². The summed E-state index contributed by atoms with van der Waals surface area (Å²) in [5, 5.41) is 9.23. The number of rotatable bonds is 19. The maximum Gasteiger partial charge on any atom is 0.310 e. The average Bonchev–Trinajstić information content (AvgIpc) is 2.64. The minimum Gasteiger partial charge on any atom is -0.481 e. The molecule has 0 aromatic heterocycles. The molecule has 0 bridgehead atoms. The van der Waals surface area contributed by atoms with Gasteiger partial charge < -0.3 is 19.3 Å². The molecular weight excluding hydrogens is 348 g/mol. The van der Waals surface area contributed by atoms with Crippen LogP contribution in [0.3, 0.4) is 0 Å². The molecule has 0 aliphatic carbocycles. The number of carboxylic acids is 1. The molecule has 6 heteroatoms. The minimum absolute atomic E-state index is 0.105. The summed E-state index contributed by atoms with van der Waals surface area (Å²) in [6.07, 6.45) is 13.0. The first-order valence-corrected chi connectivity index (χ1v) is 9.93. The quantitative estimate of drug-likeness (QED) is 0.205. The molecule has 27 heavy (non-hydrogen) atoms. The molecule has 0 aromatic carbocycles. The fourth-order valence-corrected chi connectivity index (χ4v) is 2.38. The Kier molecular flexibility index (Phi) is 17.9. The lowest BCUT2D eigenvalue weighted by Crippen LogP contribution is -2.19. The Labute approximate surface area is 163 Å². The lowest BCUT2D eigenvalue weighted by Gasteiger charge is -2.09. The highest BCUT2D eigenvalue weighted by atomic mass is 16.6. The molecule has 0 amide bonds. The number of hydrogen-bond acceptors (Lipinski definition) is 5. The zero-order chi connectivity index (χ0) is 20.2. The molecule has 6 nitrogen and oxygen atoms in total. The molecule has 0 aromatic rings. The minimum atomic E-state index is -1.01. The molecule has 1 N–H and O–H groups in total. The van der Waals surface area contributed by atoms with Gasteiger partial charge in [0.15, 0.2) is 0 Å². The number of carbonyl (C=O) groups excluding carboxylic acids is 1. The van der Waals surface area contributed by atoms with Gasteiger partial charge in [0, 0.05) is 0 Å². The number of hydrogen-bond donors (Lipinski definition) is 1. The van der Waals surface area contributed by atoms with Crippen LogP contribution in [0.1, 0.15) is 58.3 Å². The molecule has 0 radical (unpaired) electrons. The topological polar surface area (TPSA) is 82.1 Å². The van der Waals surface area contributed by atoms with E-state index in [-0.39, 0.29) is 19.6 Å². The monoisotopic (exact) mass is 384 g/mol. The second-order valence-electron chi connectivity index (χ2n) is 6.33. The number of allylic oxidation sites excluding steroid dienone is 1. The van der Waals surface area contributed by atoms with E-state index in [9.17, 15) is 14.7 Å². The van der Waals surface area contributed by atoms with Crippen molar-refractivity contribution in [1.29, 1.82) is 0 Å². The van der Waals surface area contributed by atoms with E-state index >= 15 is 0 Å². The van der Waals surface area contributed by atoms with Gasteiger partial charge in [-0.2, -0.15) is 0 Å². The van der Waals surface area contributed by atoms with Gasteiger partial charge >= 0.3 is 11.9 Å². The predicted molar refractivity (Wildman–Crippen MR) is 106 cm³/mol. The van der Waals surface area contributed by atoms with Crippen LogP contribution in [0.2, 0.25) is 0 Å². The number of aliphatic carboxylic acids is 1. The van der Waals surface area contributed by atoms with E-state index < -0.39 is 17.9 Å². The van der Waals surface area contributed by atoms with Gasteiger partial charge in [-0.25, -0.2) is 0 Å². The second kappa shape index (κ2) is 19.1. The van der Waals surface area contributed by atoms with Crippen LogP contribution in [0, 0.1) is 5.92 Å². The number of carboxylic acid groups (broad SMARTS) is 1. The van der Waals surface area contributed by atoms with Crippen LogP contribution in [0.5, 0.6) is 0 Å². The summed E-state index contributed by atoms with van der Waals surface area (Å²) >= 11 is 0. The molecule has 0 fully saturated rings. The lowest BCUT2D eigenvalue weighted by molar-refractivity contribution is -0.151. The van der Waals surface area contributed by atoms with Crippen molar-refractivity contribution in [3.63, 3.8) is 0 Å². The van der Waals surface area contributed by atoms with Crippen molar-refractivity contribution < 1.29 is 28.9 Å². The highest BCUT2D eigenvalue weighted by Gasteiger charge is 2.19. The van der Waals surface area contributed by atoms with E-state index in [1.165, 1.54) is 25.7 Å². The summed E-state index contributed by atoms with van der Waals surface area (Å²) in [5.74, 6) is -2.38. The molecule has 0 aliphatic rings. The van der Waals surface area contributed by atoms with Gasteiger partial charge in [-0.05, 0) is 12.8 Å². The molecule has 0 saturated heterocycles. The van der Waals surface area contributed by atoms with Gasteiger partial charge in [0.1, 0.15) is 6.61 Å². The van der Waals surface area contributed by atoms with E-state index in [0.29, 0.717) is 19.8 Å². The Balaban J connectivity index is 3.82. The largest absolute Gasteiger partial charge is 0.481 e. The molecule has 0 aliphatic heterocycles. The Morgan fingerprint density at radius 1 is 1.00 bits per heavy atom. The van der Waals surface area contributed by atoms with Crippen LogP contribution in [0.4, 0.5) is 0 Å². The van der Waals surface area contributed by atoms with E-state index in [1.54, 1.807) is 12.2 Å². The van der Waals surface area contributed by atoms with Crippen LogP contribution >= 0.6 is 0 Å². The third kappa shape index (κ3) is 17.5. The van der Waals surface area contributed by atoms with Crippen molar-refractivity contribution in [2.24, 2.45) is 5.92 Å². The Hall–Kier alpha value is -1.66. The second-order valence-corrected chi connectivity index (χ2v) is 6.33. The summed E-state index contributed by atoms with van der Waals surface area (Å²) in [7, 11) is 0. The zero-order valence-electron chi connectivity index (χ0n) is 16.7. The van der Waals surface area contributed by atoms with Crippen molar-refractivity contribution in [3.05, 3.63) is 24.8 Å². The van der Waals surface area contributed by atoms with Crippen molar-refractivity contribution in [1.82, 2.24) is 0 Å². The van der Waals surface area contributed by atoms with Crippen LogP contribution in [0.15, 0.2) is 24.8 Å². The van der Waals surface area contributed by atoms with E-state index in [0.717, 1.165) is 19.3 Å². The molecular formula is C21H36O6. The van der Waals surface area contributed by atoms with Crippen LogP contribution in [-0.4, -0.2) is 50.1 Å². The first-order valence-electron chi connectivity index (χ1n) is 9.93. The Morgan fingerprint density at radius 3 is 2.37 bits per heavy atom. The lowest BCUT2D eigenvalue weighted by atomic mass is 10.0. The van der Waals surface area contributed by atoms with Crippen LogP contribution < -0.4 is 0 Å². The van der Waals surface area contributed by atoms with E-state index in [4.69, 9.17) is 14.2 Å². The molecule has 0 spiro atoms. The molecule has 1 atom stereocenters.